The minimum absolute atomic E-state index is 0.408. The molecule has 4 rings (SSSR count). The molecule has 0 aromatic heterocycles. The van der Waals surface area contributed by atoms with Gasteiger partial charge in [-0.05, 0) is 45.0 Å². The molecular formula is C25H14N2. The number of benzene rings is 4. The van der Waals surface area contributed by atoms with E-state index in [0.29, 0.717) is 11.1 Å². The number of nitriles is 2. The molecule has 124 valence electrons. The second kappa shape index (κ2) is 6.34. The Morgan fingerprint density at radius 2 is 1.48 bits per heavy atom. The van der Waals surface area contributed by atoms with Crippen molar-refractivity contribution in [3.05, 3.63) is 70.1 Å². The average Bonchev–Trinajstić information content (AvgIpc) is 2.72. The van der Waals surface area contributed by atoms with E-state index in [9.17, 15) is 10.5 Å². The molecule has 0 bridgehead atoms. The van der Waals surface area contributed by atoms with Crippen molar-refractivity contribution in [2.75, 3.05) is 0 Å². The van der Waals surface area contributed by atoms with Crippen LogP contribution in [-0.4, -0.2) is 0 Å². The molecule has 27 heavy (non-hydrogen) atoms. The van der Waals surface area contributed by atoms with Crippen LogP contribution < -0.4 is 10.4 Å². The van der Waals surface area contributed by atoms with E-state index in [1.165, 1.54) is 0 Å². The summed E-state index contributed by atoms with van der Waals surface area (Å²) in [5.74, 6) is 2.60. The average molecular weight is 342 g/mol. The smallest absolute Gasteiger partial charge is 0.101 e. The zero-order valence-electron chi connectivity index (χ0n) is 14.7. The third-order valence-corrected chi connectivity index (χ3v) is 5.00. The van der Waals surface area contributed by atoms with E-state index in [0.717, 1.165) is 42.8 Å². The van der Waals surface area contributed by atoms with Crippen molar-refractivity contribution in [1.82, 2.24) is 0 Å². The standard InChI is InChI=1S/C25H14N2/c1-3-7-16-10-12-20-22(14-26)23(15-27)21-13-11-17-8-5-6-9-19(17)25(21)24(20)18(16)4-2/h1,4-13H,2H3/b16-7-,18-4+. The molecule has 0 saturated heterocycles. The van der Waals surface area contributed by atoms with Crippen molar-refractivity contribution >= 4 is 44.5 Å². The van der Waals surface area contributed by atoms with E-state index in [-0.39, 0.29) is 0 Å². The molecule has 2 nitrogen and oxygen atoms in total. The highest BCUT2D eigenvalue weighted by atomic mass is 14.3. The molecule has 0 amide bonds. The van der Waals surface area contributed by atoms with Gasteiger partial charge in [0.25, 0.3) is 0 Å². The SMILES string of the molecule is C#C/C=c1/ccc2c(C#N)c(C#N)c3ccc4ccccc4c3c2/c1=C/C. The molecule has 0 aliphatic heterocycles. The van der Waals surface area contributed by atoms with Gasteiger partial charge in [0.05, 0.1) is 11.1 Å². The summed E-state index contributed by atoms with van der Waals surface area (Å²) in [7, 11) is 0. The van der Waals surface area contributed by atoms with E-state index in [2.05, 4.69) is 30.2 Å². The van der Waals surface area contributed by atoms with Crippen LogP contribution in [0, 0.1) is 35.0 Å². The van der Waals surface area contributed by atoms with Crippen LogP contribution in [0.4, 0.5) is 0 Å². The van der Waals surface area contributed by atoms with E-state index in [4.69, 9.17) is 6.42 Å². The Balaban J connectivity index is 2.54. The summed E-state index contributed by atoms with van der Waals surface area (Å²) in [4.78, 5) is 0. The van der Waals surface area contributed by atoms with Crippen LogP contribution in [0.1, 0.15) is 18.1 Å². The van der Waals surface area contributed by atoms with Crippen LogP contribution in [-0.2, 0) is 0 Å². The molecule has 0 radical (unpaired) electrons. The molecule has 4 aromatic carbocycles. The summed E-state index contributed by atoms with van der Waals surface area (Å²) in [6.07, 6.45) is 9.26. The van der Waals surface area contributed by atoms with Crippen LogP contribution in [0.25, 0.3) is 44.5 Å². The highest BCUT2D eigenvalue weighted by Gasteiger charge is 2.17. The summed E-state index contributed by atoms with van der Waals surface area (Å²) >= 11 is 0. The molecule has 0 heterocycles. The van der Waals surface area contributed by atoms with Gasteiger partial charge < -0.3 is 0 Å². The van der Waals surface area contributed by atoms with Crippen molar-refractivity contribution in [2.45, 2.75) is 6.92 Å². The Hall–Kier alpha value is -4.06. The molecule has 2 heteroatoms. The lowest BCUT2D eigenvalue weighted by Gasteiger charge is -2.13. The van der Waals surface area contributed by atoms with Gasteiger partial charge in [-0.15, -0.1) is 6.42 Å². The normalized spacial score (nSPS) is 12.2. The van der Waals surface area contributed by atoms with Crippen molar-refractivity contribution in [1.29, 1.82) is 10.5 Å². The summed E-state index contributed by atoms with van der Waals surface area (Å²) in [6.45, 7) is 1.96. The molecule has 0 spiro atoms. The van der Waals surface area contributed by atoms with Crippen LogP contribution in [0.3, 0.4) is 0 Å². The Kier molecular flexibility index (Phi) is 3.86. The molecule has 0 saturated carbocycles. The van der Waals surface area contributed by atoms with Crippen molar-refractivity contribution in [3.8, 4) is 24.5 Å². The Labute approximate surface area is 156 Å². The maximum atomic E-state index is 9.81. The highest BCUT2D eigenvalue weighted by molar-refractivity contribution is 6.23. The monoisotopic (exact) mass is 342 g/mol. The van der Waals surface area contributed by atoms with Gasteiger partial charge in [0.1, 0.15) is 12.1 Å². The molecule has 0 fully saturated rings. The quantitative estimate of drug-likeness (QED) is 0.357. The fourth-order valence-electron chi connectivity index (χ4n) is 3.89. The first-order valence-corrected chi connectivity index (χ1v) is 8.58. The minimum Gasteiger partial charge on any atom is -0.192 e. The third kappa shape index (κ3) is 2.27. The second-order valence-electron chi connectivity index (χ2n) is 6.27. The molecule has 0 unspecified atom stereocenters. The largest absolute Gasteiger partial charge is 0.192 e. The fraction of sp³-hybridized carbons (Fsp3) is 0.0400. The van der Waals surface area contributed by atoms with Gasteiger partial charge in [-0.3, -0.25) is 0 Å². The molecule has 0 aliphatic rings. The minimum atomic E-state index is 0.408. The number of nitrogens with zero attached hydrogens (tertiary/aromatic N) is 2. The van der Waals surface area contributed by atoms with Crippen molar-refractivity contribution in [3.63, 3.8) is 0 Å². The van der Waals surface area contributed by atoms with Crippen LogP contribution in [0.5, 0.6) is 0 Å². The van der Waals surface area contributed by atoms with E-state index >= 15 is 0 Å². The zero-order valence-corrected chi connectivity index (χ0v) is 14.7. The van der Waals surface area contributed by atoms with Gasteiger partial charge in [0.2, 0.25) is 0 Å². The molecule has 0 aliphatic carbocycles. The van der Waals surface area contributed by atoms with Crippen LogP contribution >= 0.6 is 0 Å². The van der Waals surface area contributed by atoms with Crippen LogP contribution in [0.2, 0.25) is 0 Å². The Morgan fingerprint density at radius 3 is 2.15 bits per heavy atom. The van der Waals surface area contributed by atoms with Gasteiger partial charge in [0, 0.05) is 10.8 Å². The first-order valence-electron chi connectivity index (χ1n) is 8.58. The van der Waals surface area contributed by atoms with E-state index in [1.54, 1.807) is 6.08 Å². The molecule has 4 aromatic rings. The van der Waals surface area contributed by atoms with Gasteiger partial charge in [-0.25, -0.2) is 0 Å². The topological polar surface area (TPSA) is 47.6 Å². The Morgan fingerprint density at radius 1 is 0.815 bits per heavy atom. The van der Waals surface area contributed by atoms with Gasteiger partial charge >= 0.3 is 0 Å². The summed E-state index contributed by atoms with van der Waals surface area (Å²) in [5, 5.41) is 27.2. The zero-order chi connectivity index (χ0) is 19.0. The third-order valence-electron chi connectivity index (χ3n) is 5.00. The maximum Gasteiger partial charge on any atom is 0.101 e. The second-order valence-corrected chi connectivity index (χ2v) is 6.27. The lowest BCUT2D eigenvalue weighted by molar-refractivity contribution is 1.46. The number of terminal acetylenes is 1. The highest BCUT2D eigenvalue weighted by Crippen LogP contribution is 2.35. The molecule has 0 N–H and O–H groups in total. The predicted octanol–water partition coefficient (Wildman–Crippen LogP) is 4.10. The summed E-state index contributed by atoms with van der Waals surface area (Å²) in [5.41, 5.74) is 0.826. The predicted molar refractivity (Wildman–Crippen MR) is 111 cm³/mol. The van der Waals surface area contributed by atoms with Gasteiger partial charge in [-0.2, -0.15) is 10.5 Å². The van der Waals surface area contributed by atoms with Crippen molar-refractivity contribution in [2.24, 2.45) is 0 Å². The fourth-order valence-corrected chi connectivity index (χ4v) is 3.89. The molecule has 0 atom stereocenters. The van der Waals surface area contributed by atoms with E-state index < -0.39 is 0 Å². The number of fused-ring (bicyclic) bond motifs is 5. The van der Waals surface area contributed by atoms with Crippen LogP contribution in [0.15, 0.2) is 48.5 Å². The Bertz CT molecular complexity index is 1500. The summed E-state index contributed by atoms with van der Waals surface area (Å²) in [6, 6.07) is 20.3. The van der Waals surface area contributed by atoms with Crippen molar-refractivity contribution < 1.29 is 0 Å². The maximum absolute atomic E-state index is 9.81. The van der Waals surface area contributed by atoms with E-state index in [1.807, 2.05) is 49.4 Å². The first-order chi connectivity index (χ1) is 13.2. The van der Waals surface area contributed by atoms with Gasteiger partial charge in [0.15, 0.2) is 0 Å². The number of rotatable bonds is 0. The summed E-state index contributed by atoms with van der Waals surface area (Å²) < 4.78 is 0. The molecular weight excluding hydrogens is 328 g/mol. The lowest BCUT2D eigenvalue weighted by Crippen LogP contribution is -2.25. The van der Waals surface area contributed by atoms with Gasteiger partial charge in [-0.1, -0.05) is 60.5 Å². The lowest BCUT2D eigenvalue weighted by atomic mass is 9.88. The first kappa shape index (κ1) is 16.4. The number of hydrogen-bond acceptors (Lipinski definition) is 2. The number of hydrogen-bond donors (Lipinski definition) is 0.